The number of amides is 2. The molecule has 1 heterocycles. The lowest BCUT2D eigenvalue weighted by molar-refractivity contribution is 0.0518. The highest BCUT2D eigenvalue weighted by Crippen LogP contribution is 2.20. The van der Waals surface area contributed by atoms with Crippen LogP contribution in [-0.2, 0) is 19.3 Å². The van der Waals surface area contributed by atoms with Gasteiger partial charge in [-0.2, -0.15) is 0 Å². The Hall–Kier alpha value is -1.55. The molecule has 0 aromatic carbocycles. The van der Waals surface area contributed by atoms with E-state index in [1.165, 1.54) is 11.0 Å². The molecule has 10 heteroatoms. The lowest BCUT2D eigenvalue weighted by Gasteiger charge is -2.21. The van der Waals surface area contributed by atoms with Crippen LogP contribution in [0.4, 0.5) is 9.59 Å². The Kier molecular flexibility index (Phi) is 8.76. The van der Waals surface area contributed by atoms with Gasteiger partial charge < -0.3 is 19.7 Å². The zero-order valence-corrected chi connectivity index (χ0v) is 20.5. The Balaban J connectivity index is 2.53. The Morgan fingerprint density at radius 1 is 1.28 bits per heavy atom. The highest BCUT2D eigenvalue weighted by molar-refractivity contribution is 7.94. The van der Waals surface area contributed by atoms with Gasteiger partial charge in [-0.3, -0.25) is 0 Å². The molecule has 1 N–H and O–H groups in total. The standard InChI is InChI=1S/C19H36N2O6SSi/c1-15(20-17(22)27-19(2,3)4)9-12-28(24,25)16-8-10-21(14-16)18(23)26-11-13-29(5,6)7/h9,12,15-16H,8,10-11,13-14H2,1-7H3,(H,20,22)/b12-9-/t15-,16+/m1/s1. The molecule has 168 valence electrons. The summed E-state index contributed by atoms with van der Waals surface area (Å²) >= 11 is 0. The second kappa shape index (κ2) is 9.97. The Labute approximate surface area is 175 Å². The number of hydrogen-bond donors (Lipinski definition) is 1. The third kappa shape index (κ3) is 10.2. The van der Waals surface area contributed by atoms with Gasteiger partial charge in [-0.1, -0.05) is 25.7 Å². The van der Waals surface area contributed by atoms with E-state index in [0.29, 0.717) is 19.6 Å². The maximum absolute atomic E-state index is 12.6. The molecule has 0 bridgehead atoms. The monoisotopic (exact) mass is 448 g/mol. The Morgan fingerprint density at radius 3 is 2.45 bits per heavy atom. The third-order valence-corrected chi connectivity index (χ3v) is 7.80. The summed E-state index contributed by atoms with van der Waals surface area (Å²) < 4.78 is 35.6. The fourth-order valence-electron chi connectivity index (χ4n) is 2.58. The first-order valence-corrected chi connectivity index (χ1v) is 15.2. The number of nitrogens with one attached hydrogen (secondary N) is 1. The minimum absolute atomic E-state index is 0.117. The van der Waals surface area contributed by atoms with E-state index >= 15 is 0 Å². The van der Waals surface area contributed by atoms with Gasteiger partial charge in [-0.25, -0.2) is 18.0 Å². The van der Waals surface area contributed by atoms with E-state index in [0.717, 1.165) is 11.5 Å². The van der Waals surface area contributed by atoms with Crippen LogP contribution >= 0.6 is 0 Å². The largest absolute Gasteiger partial charge is 0.450 e. The highest BCUT2D eigenvalue weighted by Gasteiger charge is 2.34. The number of hydrogen-bond acceptors (Lipinski definition) is 6. The van der Waals surface area contributed by atoms with Crippen molar-refractivity contribution in [2.75, 3.05) is 19.7 Å². The maximum atomic E-state index is 12.6. The van der Waals surface area contributed by atoms with Crippen LogP contribution in [0.1, 0.15) is 34.1 Å². The van der Waals surface area contributed by atoms with Gasteiger partial charge in [0.2, 0.25) is 0 Å². The molecular weight excluding hydrogens is 412 g/mol. The molecule has 0 radical (unpaired) electrons. The quantitative estimate of drug-likeness (QED) is 0.599. The Bertz CT molecular complexity index is 709. The van der Waals surface area contributed by atoms with Crippen LogP contribution in [0.5, 0.6) is 0 Å². The molecule has 1 fully saturated rings. The first kappa shape index (κ1) is 25.5. The van der Waals surface area contributed by atoms with Gasteiger partial charge in [0.15, 0.2) is 9.84 Å². The number of carbonyl (C=O) groups excluding carboxylic acids is 2. The van der Waals surface area contributed by atoms with E-state index in [9.17, 15) is 18.0 Å². The number of ether oxygens (including phenoxy) is 2. The molecule has 29 heavy (non-hydrogen) atoms. The lowest BCUT2D eigenvalue weighted by Crippen LogP contribution is -2.37. The molecule has 0 saturated carbocycles. The third-order valence-electron chi connectivity index (χ3n) is 4.25. The fourth-order valence-corrected chi connectivity index (χ4v) is 4.79. The van der Waals surface area contributed by atoms with Crippen molar-refractivity contribution in [1.29, 1.82) is 0 Å². The number of alkyl carbamates (subject to hydrolysis) is 1. The van der Waals surface area contributed by atoms with Gasteiger partial charge in [0, 0.05) is 32.6 Å². The van der Waals surface area contributed by atoms with Crippen LogP contribution in [0, 0.1) is 0 Å². The summed E-state index contributed by atoms with van der Waals surface area (Å²) in [5, 5.41) is 3.01. The van der Waals surface area contributed by atoms with Crippen molar-refractivity contribution in [3.8, 4) is 0 Å². The maximum Gasteiger partial charge on any atom is 0.409 e. The van der Waals surface area contributed by atoms with E-state index in [1.54, 1.807) is 27.7 Å². The van der Waals surface area contributed by atoms with E-state index in [4.69, 9.17) is 9.47 Å². The first-order chi connectivity index (χ1) is 13.1. The molecule has 1 saturated heterocycles. The van der Waals surface area contributed by atoms with Crippen molar-refractivity contribution in [2.24, 2.45) is 0 Å². The van der Waals surface area contributed by atoms with Crippen LogP contribution in [0.15, 0.2) is 11.5 Å². The molecule has 1 aliphatic rings. The van der Waals surface area contributed by atoms with Crippen LogP contribution in [0.3, 0.4) is 0 Å². The minimum Gasteiger partial charge on any atom is -0.450 e. The summed E-state index contributed by atoms with van der Waals surface area (Å²) in [6.07, 6.45) is 0.711. The van der Waals surface area contributed by atoms with Gasteiger partial charge in [0.25, 0.3) is 0 Å². The number of likely N-dealkylation sites (tertiary alicyclic amines) is 1. The zero-order chi connectivity index (χ0) is 22.5. The van der Waals surface area contributed by atoms with E-state index in [1.807, 2.05) is 0 Å². The number of nitrogens with zero attached hydrogens (tertiary/aromatic N) is 1. The molecule has 0 aromatic rings. The van der Waals surface area contributed by atoms with Gasteiger partial charge in [0.05, 0.1) is 11.9 Å². The smallest absolute Gasteiger partial charge is 0.409 e. The number of sulfone groups is 1. The van der Waals surface area contributed by atoms with Crippen LogP contribution in [0.25, 0.3) is 0 Å². The Morgan fingerprint density at radius 2 is 1.90 bits per heavy atom. The second-order valence-electron chi connectivity index (χ2n) is 9.63. The molecular formula is C19H36N2O6SSi. The minimum atomic E-state index is -3.55. The van der Waals surface area contributed by atoms with E-state index in [-0.39, 0.29) is 6.54 Å². The van der Waals surface area contributed by atoms with E-state index < -0.39 is 47.0 Å². The van der Waals surface area contributed by atoms with E-state index in [2.05, 4.69) is 25.0 Å². The summed E-state index contributed by atoms with van der Waals surface area (Å²) in [5.41, 5.74) is -0.628. The molecule has 0 aliphatic carbocycles. The average Bonchev–Trinajstić information content (AvgIpc) is 3.00. The van der Waals surface area contributed by atoms with Crippen molar-refractivity contribution in [3.63, 3.8) is 0 Å². The van der Waals surface area contributed by atoms with Gasteiger partial charge in [0.1, 0.15) is 5.60 Å². The topological polar surface area (TPSA) is 102 Å². The first-order valence-electron chi connectivity index (χ1n) is 9.92. The van der Waals surface area contributed by atoms with Crippen molar-refractivity contribution >= 4 is 30.1 Å². The summed E-state index contributed by atoms with van der Waals surface area (Å²) in [7, 11) is -4.84. The predicted molar refractivity (Wildman–Crippen MR) is 116 cm³/mol. The van der Waals surface area contributed by atoms with Gasteiger partial charge in [-0.05, 0) is 40.2 Å². The fraction of sp³-hybridized carbons (Fsp3) is 0.789. The van der Waals surface area contributed by atoms with Crippen molar-refractivity contribution in [1.82, 2.24) is 10.2 Å². The zero-order valence-electron chi connectivity index (χ0n) is 18.6. The molecule has 2 amide bonds. The van der Waals surface area contributed by atoms with Crippen molar-refractivity contribution in [3.05, 3.63) is 11.5 Å². The van der Waals surface area contributed by atoms with Gasteiger partial charge >= 0.3 is 12.2 Å². The van der Waals surface area contributed by atoms with Crippen molar-refractivity contribution in [2.45, 2.75) is 76.7 Å². The number of rotatable bonds is 7. The average molecular weight is 449 g/mol. The summed E-state index contributed by atoms with van der Waals surface area (Å²) in [5.74, 6) is 0. The molecule has 8 nitrogen and oxygen atoms in total. The number of carbonyl (C=O) groups is 2. The second-order valence-corrected chi connectivity index (χ2v) is 17.4. The van der Waals surface area contributed by atoms with Crippen LogP contribution < -0.4 is 5.32 Å². The predicted octanol–water partition coefficient (Wildman–Crippen LogP) is 3.38. The summed E-state index contributed by atoms with van der Waals surface area (Å²) in [6, 6.07) is 0.364. The lowest BCUT2D eigenvalue weighted by atomic mass is 10.2. The van der Waals surface area contributed by atoms with Crippen molar-refractivity contribution < 1.29 is 27.5 Å². The molecule has 0 aromatic heterocycles. The molecule has 1 aliphatic heterocycles. The molecule has 1 rings (SSSR count). The highest BCUT2D eigenvalue weighted by atomic mass is 32.2. The normalized spacial score (nSPS) is 19.3. The molecule has 0 spiro atoms. The molecule has 2 atom stereocenters. The summed E-state index contributed by atoms with van der Waals surface area (Å²) in [6.45, 7) is 14.3. The van der Waals surface area contributed by atoms with Crippen LogP contribution in [-0.4, -0.2) is 70.2 Å². The van der Waals surface area contributed by atoms with Gasteiger partial charge in [-0.15, -0.1) is 0 Å². The SMILES string of the molecule is C[C@H](/C=C\S(=O)(=O)[C@H]1CCN(C(=O)OCC[Si](C)(C)C)C1)NC(=O)OC(C)(C)C. The van der Waals surface area contributed by atoms with Crippen LogP contribution in [0.2, 0.25) is 25.7 Å². The molecule has 0 unspecified atom stereocenters. The summed E-state index contributed by atoms with van der Waals surface area (Å²) in [4.78, 5) is 25.3.